The number of anilines is 1. The lowest BCUT2D eigenvalue weighted by Gasteiger charge is -2.34. The van der Waals surface area contributed by atoms with E-state index in [1.54, 1.807) is 12.4 Å². The molecule has 0 aromatic carbocycles. The summed E-state index contributed by atoms with van der Waals surface area (Å²) >= 11 is 1.34. The van der Waals surface area contributed by atoms with Crippen molar-refractivity contribution in [2.45, 2.75) is 38.6 Å². The molecule has 2 heterocycles. The molecule has 2 N–H and O–H groups in total. The number of fused-ring (bicyclic) bond motifs is 1. The minimum Gasteiger partial charge on any atom is -0.396 e. The number of carbonyl (C=O) groups excluding carboxylic acids is 1. The first-order chi connectivity index (χ1) is 10.1. The predicted molar refractivity (Wildman–Crippen MR) is 85.3 cm³/mol. The lowest BCUT2D eigenvalue weighted by atomic mass is 9.86. The highest BCUT2D eigenvalue weighted by Gasteiger charge is 2.28. The number of carbonyl (C=O) groups is 1. The first-order valence-corrected chi connectivity index (χ1v) is 8.15. The van der Waals surface area contributed by atoms with Gasteiger partial charge in [0.25, 0.3) is 5.91 Å². The average Bonchev–Trinajstić information content (AvgIpc) is 2.83. The Bertz CT molecular complexity index is 669. The zero-order chi connectivity index (χ0) is 15.0. The van der Waals surface area contributed by atoms with Gasteiger partial charge in [-0.05, 0) is 18.8 Å². The van der Waals surface area contributed by atoms with Gasteiger partial charge in [0.05, 0.1) is 5.69 Å². The second-order valence-electron chi connectivity index (χ2n) is 5.90. The largest absolute Gasteiger partial charge is 0.396 e. The monoisotopic (exact) mass is 304 g/mol. The van der Waals surface area contributed by atoms with E-state index in [0.717, 1.165) is 17.7 Å². The molecule has 1 fully saturated rings. The third kappa shape index (κ3) is 2.60. The van der Waals surface area contributed by atoms with E-state index in [4.69, 9.17) is 5.73 Å². The number of hydrogen-bond acceptors (Lipinski definition) is 5. The van der Waals surface area contributed by atoms with Crippen LogP contribution in [0.2, 0.25) is 0 Å². The SMILES string of the molecule is CC1CCCC(N(C)C(=O)c2sc3nccnc3c2N)C1. The molecule has 1 aliphatic rings. The average molecular weight is 304 g/mol. The van der Waals surface area contributed by atoms with E-state index in [9.17, 15) is 4.79 Å². The van der Waals surface area contributed by atoms with Gasteiger partial charge in [-0.25, -0.2) is 9.97 Å². The Morgan fingerprint density at radius 2 is 2.14 bits per heavy atom. The Balaban J connectivity index is 1.87. The van der Waals surface area contributed by atoms with E-state index in [1.165, 1.54) is 24.2 Å². The van der Waals surface area contributed by atoms with Gasteiger partial charge in [-0.15, -0.1) is 11.3 Å². The Hall–Kier alpha value is -1.69. The lowest BCUT2D eigenvalue weighted by molar-refractivity contribution is 0.0678. The highest BCUT2D eigenvalue weighted by Crippen LogP contribution is 2.33. The summed E-state index contributed by atoms with van der Waals surface area (Å²) in [7, 11) is 1.88. The van der Waals surface area contributed by atoms with Crippen LogP contribution in [0.1, 0.15) is 42.3 Å². The normalized spacial score (nSPS) is 22.4. The van der Waals surface area contributed by atoms with Gasteiger partial charge >= 0.3 is 0 Å². The molecule has 0 aliphatic heterocycles. The smallest absolute Gasteiger partial charge is 0.266 e. The van der Waals surface area contributed by atoms with Crippen molar-refractivity contribution in [3.63, 3.8) is 0 Å². The number of thiophene rings is 1. The van der Waals surface area contributed by atoms with Gasteiger partial charge in [0.1, 0.15) is 15.2 Å². The molecule has 0 saturated heterocycles. The molecule has 1 saturated carbocycles. The molecular formula is C15H20N4OS. The zero-order valence-corrected chi connectivity index (χ0v) is 13.2. The predicted octanol–water partition coefficient (Wildman–Crippen LogP) is 2.92. The summed E-state index contributed by atoms with van der Waals surface area (Å²) in [5, 5.41) is 0. The van der Waals surface area contributed by atoms with Gasteiger partial charge in [-0.2, -0.15) is 0 Å². The molecular weight excluding hydrogens is 284 g/mol. The molecule has 0 bridgehead atoms. The maximum absolute atomic E-state index is 12.7. The standard InChI is InChI=1S/C15H20N4OS/c1-9-4-3-5-10(8-9)19(2)15(20)13-11(16)12-14(21-13)18-7-6-17-12/h6-7,9-10H,3-5,8,16H2,1-2H3. The first kappa shape index (κ1) is 14.3. The molecule has 2 aromatic rings. The Morgan fingerprint density at radius 3 is 2.86 bits per heavy atom. The van der Waals surface area contributed by atoms with Crippen LogP contribution in [0.4, 0.5) is 5.69 Å². The quantitative estimate of drug-likeness (QED) is 0.926. The molecule has 1 amide bonds. The molecule has 1 aliphatic carbocycles. The van der Waals surface area contributed by atoms with Gasteiger partial charge < -0.3 is 10.6 Å². The molecule has 5 nitrogen and oxygen atoms in total. The van der Waals surface area contributed by atoms with E-state index in [2.05, 4.69) is 16.9 Å². The van der Waals surface area contributed by atoms with Crippen molar-refractivity contribution in [1.29, 1.82) is 0 Å². The summed E-state index contributed by atoms with van der Waals surface area (Å²) in [4.78, 5) is 24.3. The summed E-state index contributed by atoms with van der Waals surface area (Å²) in [6, 6.07) is 0.312. The topological polar surface area (TPSA) is 72.1 Å². The maximum Gasteiger partial charge on any atom is 0.266 e. The fourth-order valence-electron chi connectivity index (χ4n) is 3.08. The van der Waals surface area contributed by atoms with Crippen molar-refractivity contribution in [2.24, 2.45) is 5.92 Å². The number of nitrogens with two attached hydrogens (primary N) is 1. The van der Waals surface area contributed by atoms with E-state index >= 15 is 0 Å². The van der Waals surface area contributed by atoms with Crippen LogP contribution >= 0.6 is 11.3 Å². The molecule has 21 heavy (non-hydrogen) atoms. The van der Waals surface area contributed by atoms with Crippen LogP contribution in [-0.2, 0) is 0 Å². The van der Waals surface area contributed by atoms with Crippen LogP contribution in [0.15, 0.2) is 12.4 Å². The van der Waals surface area contributed by atoms with Gasteiger partial charge in [0.15, 0.2) is 0 Å². The zero-order valence-electron chi connectivity index (χ0n) is 12.4. The molecule has 3 rings (SSSR count). The Morgan fingerprint density at radius 1 is 1.38 bits per heavy atom. The molecule has 0 radical (unpaired) electrons. The third-order valence-electron chi connectivity index (χ3n) is 4.33. The number of nitrogens with zero attached hydrogens (tertiary/aromatic N) is 3. The van der Waals surface area contributed by atoms with Crippen molar-refractivity contribution in [2.75, 3.05) is 12.8 Å². The molecule has 0 spiro atoms. The number of rotatable bonds is 2. The van der Waals surface area contributed by atoms with Gasteiger partial charge in [0, 0.05) is 25.5 Å². The van der Waals surface area contributed by atoms with Crippen molar-refractivity contribution in [3.8, 4) is 0 Å². The molecule has 2 atom stereocenters. The lowest BCUT2D eigenvalue weighted by Crippen LogP contribution is -2.39. The van der Waals surface area contributed by atoms with Crippen LogP contribution in [0.5, 0.6) is 0 Å². The molecule has 2 aromatic heterocycles. The number of nitrogen functional groups attached to an aromatic ring is 1. The molecule has 2 unspecified atom stereocenters. The Labute approximate surface area is 128 Å². The van der Waals surface area contributed by atoms with Crippen LogP contribution < -0.4 is 5.73 Å². The summed E-state index contributed by atoms with van der Waals surface area (Å²) in [5.74, 6) is 0.679. The van der Waals surface area contributed by atoms with Gasteiger partial charge in [-0.1, -0.05) is 19.8 Å². The van der Waals surface area contributed by atoms with E-state index < -0.39 is 0 Å². The van der Waals surface area contributed by atoms with Gasteiger partial charge in [-0.3, -0.25) is 4.79 Å². The van der Waals surface area contributed by atoms with E-state index in [-0.39, 0.29) is 5.91 Å². The molecule has 6 heteroatoms. The number of aromatic nitrogens is 2. The summed E-state index contributed by atoms with van der Waals surface area (Å²) in [5.41, 5.74) is 7.19. The third-order valence-corrected chi connectivity index (χ3v) is 5.42. The fraction of sp³-hybridized carbons (Fsp3) is 0.533. The van der Waals surface area contributed by atoms with Crippen molar-refractivity contribution in [1.82, 2.24) is 14.9 Å². The summed E-state index contributed by atoms with van der Waals surface area (Å²) < 4.78 is 0. The number of hydrogen-bond donors (Lipinski definition) is 1. The van der Waals surface area contributed by atoms with Crippen molar-refractivity contribution in [3.05, 3.63) is 17.3 Å². The van der Waals surface area contributed by atoms with Crippen LogP contribution in [0.25, 0.3) is 10.3 Å². The Kier molecular flexibility index (Phi) is 3.80. The van der Waals surface area contributed by atoms with Crippen LogP contribution in [0.3, 0.4) is 0 Å². The van der Waals surface area contributed by atoms with E-state index in [1.807, 2.05) is 11.9 Å². The highest BCUT2D eigenvalue weighted by atomic mass is 32.1. The van der Waals surface area contributed by atoms with Crippen LogP contribution in [-0.4, -0.2) is 33.9 Å². The highest BCUT2D eigenvalue weighted by molar-refractivity contribution is 7.21. The van der Waals surface area contributed by atoms with Crippen molar-refractivity contribution >= 4 is 33.3 Å². The minimum atomic E-state index is -0.00333. The van der Waals surface area contributed by atoms with Crippen LogP contribution in [0, 0.1) is 5.92 Å². The molecule has 112 valence electrons. The van der Waals surface area contributed by atoms with Crippen molar-refractivity contribution < 1.29 is 4.79 Å². The second kappa shape index (κ2) is 5.60. The van der Waals surface area contributed by atoms with E-state index in [0.29, 0.717) is 28.0 Å². The van der Waals surface area contributed by atoms with Gasteiger partial charge in [0.2, 0.25) is 0 Å². The fourth-order valence-corrected chi connectivity index (χ4v) is 4.09. The summed E-state index contributed by atoms with van der Waals surface area (Å²) in [6.45, 7) is 2.26. The first-order valence-electron chi connectivity index (χ1n) is 7.34. The second-order valence-corrected chi connectivity index (χ2v) is 6.90. The number of amides is 1. The minimum absolute atomic E-state index is 0.00333. The summed E-state index contributed by atoms with van der Waals surface area (Å²) in [6.07, 6.45) is 7.83. The maximum atomic E-state index is 12.7.